The minimum atomic E-state index is -0.520. The van der Waals surface area contributed by atoms with Crippen molar-refractivity contribution in [3.8, 4) is 5.75 Å². The summed E-state index contributed by atoms with van der Waals surface area (Å²) in [5.41, 5.74) is 1.01. The normalized spacial score (nSPS) is 17.2. The molecular weight excluding hydrogens is 360 g/mol. The van der Waals surface area contributed by atoms with Crippen molar-refractivity contribution < 1.29 is 18.8 Å². The molecule has 1 aromatic carbocycles. The Kier molecular flexibility index (Phi) is 6.65. The zero-order valence-corrected chi connectivity index (χ0v) is 16.3. The zero-order valence-electron chi connectivity index (χ0n) is 16.3. The van der Waals surface area contributed by atoms with Crippen molar-refractivity contribution in [2.24, 2.45) is 0 Å². The number of nitrogens with zero attached hydrogens (tertiary/aromatic N) is 3. The molecule has 1 N–H and O–H groups in total. The van der Waals surface area contributed by atoms with E-state index in [1.807, 2.05) is 36.1 Å². The number of benzene rings is 1. The molecule has 150 valence electrons. The molecule has 1 fully saturated rings. The highest BCUT2D eigenvalue weighted by atomic mass is 16.5. The van der Waals surface area contributed by atoms with E-state index in [0.717, 1.165) is 11.3 Å². The van der Waals surface area contributed by atoms with Crippen molar-refractivity contribution in [3.63, 3.8) is 0 Å². The molecule has 1 atom stereocenters. The van der Waals surface area contributed by atoms with Crippen LogP contribution in [-0.2, 0) is 22.7 Å². The summed E-state index contributed by atoms with van der Waals surface area (Å²) in [7, 11) is 1.69. The quantitative estimate of drug-likeness (QED) is 0.738. The number of ether oxygens (including phenoxy) is 1. The average Bonchev–Trinajstić information content (AvgIpc) is 3.19. The van der Waals surface area contributed by atoms with Crippen LogP contribution in [0, 0.1) is 0 Å². The molecule has 1 saturated heterocycles. The van der Waals surface area contributed by atoms with E-state index >= 15 is 0 Å². The average molecular weight is 386 g/mol. The van der Waals surface area contributed by atoms with Crippen LogP contribution in [0.2, 0.25) is 0 Å². The van der Waals surface area contributed by atoms with Crippen molar-refractivity contribution in [1.29, 1.82) is 0 Å². The number of hydrogen-bond acceptors (Lipinski definition) is 6. The summed E-state index contributed by atoms with van der Waals surface area (Å²) in [6, 6.07) is 8.99. The van der Waals surface area contributed by atoms with Gasteiger partial charge in [-0.15, -0.1) is 0 Å². The summed E-state index contributed by atoms with van der Waals surface area (Å²) >= 11 is 0. The maximum atomic E-state index is 12.7. The largest absolute Gasteiger partial charge is 0.494 e. The number of aromatic nitrogens is 1. The highest BCUT2D eigenvalue weighted by Crippen LogP contribution is 2.22. The minimum absolute atomic E-state index is 0.104. The Labute approximate surface area is 164 Å². The van der Waals surface area contributed by atoms with Gasteiger partial charge in [0.05, 0.1) is 31.8 Å². The van der Waals surface area contributed by atoms with Gasteiger partial charge in [0, 0.05) is 38.3 Å². The molecule has 0 saturated carbocycles. The molecule has 0 radical (unpaired) electrons. The lowest BCUT2D eigenvalue weighted by Crippen LogP contribution is -2.56. The third-order valence-corrected chi connectivity index (χ3v) is 4.77. The van der Waals surface area contributed by atoms with Crippen LogP contribution >= 0.6 is 0 Å². The smallest absolute Gasteiger partial charge is 0.237 e. The Morgan fingerprint density at radius 1 is 1.39 bits per heavy atom. The van der Waals surface area contributed by atoms with E-state index in [2.05, 4.69) is 10.5 Å². The van der Waals surface area contributed by atoms with E-state index in [-0.39, 0.29) is 18.2 Å². The summed E-state index contributed by atoms with van der Waals surface area (Å²) < 4.78 is 10.8. The van der Waals surface area contributed by atoms with Crippen LogP contribution in [0.4, 0.5) is 0 Å². The number of rotatable bonds is 8. The molecular formula is C20H26N4O4. The molecule has 2 aromatic rings. The maximum absolute atomic E-state index is 12.7. The van der Waals surface area contributed by atoms with E-state index < -0.39 is 6.04 Å². The van der Waals surface area contributed by atoms with Gasteiger partial charge in [-0.05, 0) is 13.0 Å². The van der Waals surface area contributed by atoms with E-state index in [1.54, 1.807) is 24.2 Å². The van der Waals surface area contributed by atoms with E-state index in [4.69, 9.17) is 9.26 Å². The van der Waals surface area contributed by atoms with Gasteiger partial charge >= 0.3 is 0 Å². The van der Waals surface area contributed by atoms with E-state index in [0.29, 0.717) is 38.5 Å². The Bertz CT molecular complexity index is 793. The first-order valence-electron chi connectivity index (χ1n) is 9.44. The predicted molar refractivity (Wildman–Crippen MR) is 102 cm³/mol. The highest BCUT2D eigenvalue weighted by Gasteiger charge is 2.33. The van der Waals surface area contributed by atoms with Crippen LogP contribution in [-0.4, -0.2) is 59.6 Å². The van der Waals surface area contributed by atoms with Crippen LogP contribution in [0.25, 0.3) is 0 Å². The summed E-state index contributed by atoms with van der Waals surface area (Å²) in [5.74, 6) is 1.16. The second kappa shape index (κ2) is 9.36. The van der Waals surface area contributed by atoms with Crippen LogP contribution in [0.5, 0.6) is 5.75 Å². The van der Waals surface area contributed by atoms with Crippen molar-refractivity contribution in [2.45, 2.75) is 32.5 Å². The van der Waals surface area contributed by atoms with Gasteiger partial charge in [0.15, 0.2) is 5.76 Å². The molecule has 0 spiro atoms. The number of piperazine rings is 1. The zero-order chi connectivity index (χ0) is 19.9. The first-order chi connectivity index (χ1) is 13.6. The standard InChI is InChI=1S/C20H26N4O4/c1-3-27-18-7-5-4-6-15(18)13-24-11-10-21-20(26)17(24)12-19(25)23(2)14-16-8-9-22-28-16/h4-9,17H,3,10-14H2,1-2H3,(H,21,26). The number of hydrogen-bond donors (Lipinski definition) is 1. The molecule has 1 aliphatic heterocycles. The van der Waals surface area contributed by atoms with Crippen molar-refractivity contribution in [1.82, 2.24) is 20.3 Å². The molecule has 1 aromatic heterocycles. The second-order valence-electron chi connectivity index (χ2n) is 6.75. The fourth-order valence-electron chi connectivity index (χ4n) is 3.29. The van der Waals surface area contributed by atoms with Crippen LogP contribution < -0.4 is 10.1 Å². The molecule has 0 aliphatic carbocycles. The van der Waals surface area contributed by atoms with Crippen LogP contribution in [0.1, 0.15) is 24.7 Å². The van der Waals surface area contributed by atoms with Crippen molar-refractivity contribution >= 4 is 11.8 Å². The van der Waals surface area contributed by atoms with Gasteiger partial charge in [0.25, 0.3) is 0 Å². The molecule has 1 aliphatic rings. The number of amides is 2. The summed E-state index contributed by atoms with van der Waals surface area (Å²) in [5, 5.41) is 6.51. The van der Waals surface area contributed by atoms with E-state index in [9.17, 15) is 9.59 Å². The highest BCUT2D eigenvalue weighted by molar-refractivity contribution is 5.88. The number of carbonyl (C=O) groups is 2. The Balaban J connectivity index is 1.68. The molecule has 8 nitrogen and oxygen atoms in total. The summed E-state index contributed by atoms with van der Waals surface area (Å²) in [6.45, 7) is 4.63. The number of para-hydroxylation sites is 1. The maximum Gasteiger partial charge on any atom is 0.237 e. The van der Waals surface area contributed by atoms with Gasteiger partial charge in [0.1, 0.15) is 5.75 Å². The van der Waals surface area contributed by atoms with Gasteiger partial charge in [-0.1, -0.05) is 23.4 Å². The lowest BCUT2D eigenvalue weighted by atomic mass is 10.1. The van der Waals surface area contributed by atoms with Gasteiger partial charge in [-0.2, -0.15) is 0 Å². The van der Waals surface area contributed by atoms with Crippen molar-refractivity contribution in [3.05, 3.63) is 47.9 Å². The fraction of sp³-hybridized carbons (Fsp3) is 0.450. The summed E-state index contributed by atoms with van der Waals surface area (Å²) in [4.78, 5) is 28.8. The summed E-state index contributed by atoms with van der Waals surface area (Å²) in [6.07, 6.45) is 1.65. The lowest BCUT2D eigenvalue weighted by Gasteiger charge is -2.35. The Morgan fingerprint density at radius 2 is 2.21 bits per heavy atom. The van der Waals surface area contributed by atoms with Gasteiger partial charge < -0.3 is 19.5 Å². The Hall–Kier alpha value is -2.87. The predicted octanol–water partition coefficient (Wildman–Crippen LogP) is 1.42. The van der Waals surface area contributed by atoms with Gasteiger partial charge in [0.2, 0.25) is 11.8 Å². The third kappa shape index (κ3) is 4.89. The minimum Gasteiger partial charge on any atom is -0.494 e. The molecule has 2 amide bonds. The van der Waals surface area contributed by atoms with Gasteiger partial charge in [-0.25, -0.2) is 0 Å². The molecule has 8 heteroatoms. The second-order valence-corrected chi connectivity index (χ2v) is 6.75. The van der Waals surface area contributed by atoms with Crippen LogP contribution in [0.15, 0.2) is 41.1 Å². The fourth-order valence-corrected chi connectivity index (χ4v) is 3.29. The monoisotopic (exact) mass is 386 g/mol. The SMILES string of the molecule is CCOc1ccccc1CN1CCNC(=O)C1CC(=O)N(C)Cc1ccno1. The molecule has 0 bridgehead atoms. The third-order valence-electron chi connectivity index (χ3n) is 4.77. The number of nitrogens with one attached hydrogen (secondary N) is 1. The first kappa shape index (κ1) is 19.9. The topological polar surface area (TPSA) is 87.9 Å². The lowest BCUT2D eigenvalue weighted by molar-refractivity contribution is -0.138. The van der Waals surface area contributed by atoms with Crippen LogP contribution in [0.3, 0.4) is 0 Å². The number of carbonyl (C=O) groups excluding carboxylic acids is 2. The van der Waals surface area contributed by atoms with Gasteiger partial charge in [-0.3, -0.25) is 14.5 Å². The molecule has 2 heterocycles. The van der Waals surface area contributed by atoms with Crippen molar-refractivity contribution in [2.75, 3.05) is 26.7 Å². The molecule has 1 unspecified atom stereocenters. The molecule has 28 heavy (non-hydrogen) atoms. The van der Waals surface area contributed by atoms with E-state index in [1.165, 1.54) is 0 Å². The molecule has 3 rings (SSSR count). The first-order valence-corrected chi connectivity index (χ1v) is 9.44. The Morgan fingerprint density at radius 3 is 2.96 bits per heavy atom.